The van der Waals surface area contributed by atoms with Crippen molar-refractivity contribution in [2.75, 3.05) is 13.2 Å². The number of pyridine rings is 1. The first-order valence-corrected chi connectivity index (χ1v) is 9.28. The number of amides is 1. The number of aryl methyl sites for hydroxylation is 2. The summed E-state index contributed by atoms with van der Waals surface area (Å²) in [7, 11) is 1.87. The highest BCUT2D eigenvalue weighted by molar-refractivity contribution is 6.06. The van der Waals surface area contributed by atoms with E-state index in [0.29, 0.717) is 23.9 Å². The van der Waals surface area contributed by atoms with E-state index >= 15 is 0 Å². The molecule has 1 unspecified atom stereocenters. The molecule has 0 aliphatic heterocycles. The Balaban J connectivity index is 1.87. The van der Waals surface area contributed by atoms with Crippen LogP contribution in [-0.2, 0) is 7.05 Å². The predicted molar refractivity (Wildman–Crippen MR) is 97.7 cm³/mol. The van der Waals surface area contributed by atoms with Crippen LogP contribution in [0.1, 0.15) is 66.7 Å². The highest BCUT2D eigenvalue weighted by Crippen LogP contribution is 2.40. The molecule has 25 heavy (non-hydrogen) atoms. The van der Waals surface area contributed by atoms with Gasteiger partial charge in [0.1, 0.15) is 0 Å². The summed E-state index contributed by atoms with van der Waals surface area (Å²) in [6.45, 7) is 4.80. The summed E-state index contributed by atoms with van der Waals surface area (Å²) in [6.07, 6.45) is 5.06. The maximum Gasteiger partial charge on any atom is 0.252 e. The lowest BCUT2D eigenvalue weighted by atomic mass is 10.00. The number of fused-ring (bicyclic) bond motifs is 1. The highest BCUT2D eigenvalue weighted by Gasteiger charge is 2.28. The number of carbonyl (C=O) groups is 1. The van der Waals surface area contributed by atoms with Crippen molar-refractivity contribution in [2.24, 2.45) is 13.0 Å². The fourth-order valence-corrected chi connectivity index (χ4v) is 3.50. The number of carbonyl (C=O) groups excluding carboxylic acids is 1. The van der Waals surface area contributed by atoms with Crippen LogP contribution in [0.15, 0.2) is 6.07 Å². The third-order valence-corrected chi connectivity index (χ3v) is 5.01. The van der Waals surface area contributed by atoms with Crippen molar-refractivity contribution in [3.05, 3.63) is 23.0 Å². The molecule has 1 aliphatic rings. The fraction of sp³-hybridized carbons (Fsp3) is 0.632. The minimum absolute atomic E-state index is 0.0653. The molecular weight excluding hydrogens is 316 g/mol. The Morgan fingerprint density at radius 1 is 1.44 bits per heavy atom. The standard InChI is InChI=1S/C19H28N4O2/c1-4-5-13(8-9-24)11-20-19(25)15-10-16(14-6-7-14)21-18-17(15)12(2)22-23(18)3/h10,13-14,24H,4-9,11H2,1-3H3,(H,20,25). The van der Waals surface area contributed by atoms with Gasteiger partial charge in [0.2, 0.25) is 0 Å². The molecule has 136 valence electrons. The fourth-order valence-electron chi connectivity index (χ4n) is 3.50. The summed E-state index contributed by atoms with van der Waals surface area (Å²) in [5.41, 5.74) is 3.29. The van der Waals surface area contributed by atoms with E-state index in [-0.39, 0.29) is 12.5 Å². The van der Waals surface area contributed by atoms with E-state index in [1.165, 1.54) is 0 Å². The van der Waals surface area contributed by atoms with Crippen LogP contribution >= 0.6 is 0 Å². The Morgan fingerprint density at radius 3 is 2.84 bits per heavy atom. The van der Waals surface area contributed by atoms with Gasteiger partial charge in [0, 0.05) is 31.8 Å². The number of aromatic nitrogens is 3. The Hall–Kier alpha value is -1.95. The lowest BCUT2D eigenvalue weighted by Gasteiger charge is -2.16. The van der Waals surface area contributed by atoms with Crippen molar-refractivity contribution in [2.45, 2.75) is 51.9 Å². The second-order valence-electron chi connectivity index (χ2n) is 7.15. The van der Waals surface area contributed by atoms with Crippen molar-refractivity contribution in [1.82, 2.24) is 20.1 Å². The average molecular weight is 344 g/mol. The Kier molecular flexibility index (Phi) is 5.37. The minimum Gasteiger partial charge on any atom is -0.396 e. The van der Waals surface area contributed by atoms with Crippen LogP contribution in [0.2, 0.25) is 0 Å². The van der Waals surface area contributed by atoms with Gasteiger partial charge in [-0.3, -0.25) is 9.48 Å². The summed E-state index contributed by atoms with van der Waals surface area (Å²) >= 11 is 0. The van der Waals surface area contributed by atoms with E-state index < -0.39 is 0 Å². The Morgan fingerprint density at radius 2 is 2.20 bits per heavy atom. The smallest absolute Gasteiger partial charge is 0.252 e. The molecule has 1 saturated carbocycles. The summed E-state index contributed by atoms with van der Waals surface area (Å²) in [6, 6.07) is 1.95. The van der Waals surface area contributed by atoms with E-state index in [9.17, 15) is 9.90 Å². The zero-order chi connectivity index (χ0) is 18.0. The maximum absolute atomic E-state index is 12.9. The van der Waals surface area contributed by atoms with Crippen LogP contribution in [0, 0.1) is 12.8 Å². The molecule has 2 heterocycles. The summed E-state index contributed by atoms with van der Waals surface area (Å²) in [5.74, 6) is 0.729. The third-order valence-electron chi connectivity index (χ3n) is 5.01. The molecule has 1 amide bonds. The Labute approximate surface area is 148 Å². The molecule has 0 aromatic carbocycles. The topological polar surface area (TPSA) is 80.0 Å². The first kappa shape index (κ1) is 17.9. The molecule has 2 aromatic heterocycles. The van der Waals surface area contributed by atoms with Gasteiger partial charge in [-0.2, -0.15) is 5.10 Å². The molecule has 0 saturated heterocycles. The van der Waals surface area contributed by atoms with Crippen LogP contribution in [0.25, 0.3) is 11.0 Å². The van der Waals surface area contributed by atoms with Crippen LogP contribution in [-0.4, -0.2) is 38.9 Å². The number of aliphatic hydroxyl groups excluding tert-OH is 1. The number of rotatable bonds is 8. The van der Waals surface area contributed by atoms with Crippen molar-refractivity contribution in [3.8, 4) is 0 Å². The first-order chi connectivity index (χ1) is 12.0. The quantitative estimate of drug-likeness (QED) is 0.771. The molecule has 0 spiro atoms. The van der Waals surface area contributed by atoms with Gasteiger partial charge >= 0.3 is 0 Å². The number of nitrogens with zero attached hydrogens (tertiary/aromatic N) is 3. The van der Waals surface area contributed by atoms with Gasteiger partial charge in [0.05, 0.1) is 16.6 Å². The summed E-state index contributed by atoms with van der Waals surface area (Å²) in [4.78, 5) is 17.6. The van der Waals surface area contributed by atoms with E-state index in [0.717, 1.165) is 54.5 Å². The lowest BCUT2D eigenvalue weighted by Crippen LogP contribution is -2.30. The third kappa shape index (κ3) is 3.84. The predicted octanol–water partition coefficient (Wildman–Crippen LogP) is 2.68. The zero-order valence-electron chi connectivity index (χ0n) is 15.4. The minimum atomic E-state index is -0.0653. The van der Waals surface area contributed by atoms with Gasteiger partial charge in [0.25, 0.3) is 5.91 Å². The molecular formula is C19H28N4O2. The van der Waals surface area contributed by atoms with Crippen molar-refractivity contribution < 1.29 is 9.90 Å². The molecule has 2 N–H and O–H groups in total. The number of hydrogen-bond donors (Lipinski definition) is 2. The summed E-state index contributed by atoms with van der Waals surface area (Å²) in [5, 5.41) is 17.6. The molecule has 0 radical (unpaired) electrons. The van der Waals surface area contributed by atoms with Gasteiger partial charge < -0.3 is 10.4 Å². The molecule has 0 bridgehead atoms. The number of aliphatic hydroxyl groups is 1. The van der Waals surface area contributed by atoms with Gasteiger partial charge in [0.15, 0.2) is 5.65 Å². The van der Waals surface area contributed by atoms with E-state index in [1.54, 1.807) is 4.68 Å². The monoisotopic (exact) mass is 344 g/mol. The largest absolute Gasteiger partial charge is 0.396 e. The van der Waals surface area contributed by atoms with Crippen molar-refractivity contribution in [1.29, 1.82) is 0 Å². The summed E-state index contributed by atoms with van der Waals surface area (Å²) < 4.78 is 1.76. The first-order valence-electron chi connectivity index (χ1n) is 9.28. The second-order valence-corrected chi connectivity index (χ2v) is 7.15. The number of hydrogen-bond acceptors (Lipinski definition) is 4. The molecule has 1 fully saturated rings. The van der Waals surface area contributed by atoms with Crippen LogP contribution in [0.5, 0.6) is 0 Å². The van der Waals surface area contributed by atoms with Crippen LogP contribution in [0.3, 0.4) is 0 Å². The number of nitrogens with one attached hydrogen (secondary N) is 1. The van der Waals surface area contributed by atoms with Gasteiger partial charge in [-0.05, 0) is 44.6 Å². The average Bonchev–Trinajstić information content (AvgIpc) is 3.39. The second kappa shape index (κ2) is 7.52. The van der Waals surface area contributed by atoms with E-state index in [1.807, 2.05) is 20.0 Å². The highest BCUT2D eigenvalue weighted by atomic mass is 16.3. The molecule has 1 atom stereocenters. The van der Waals surface area contributed by atoms with Gasteiger partial charge in [-0.25, -0.2) is 4.98 Å². The molecule has 6 heteroatoms. The normalized spacial score (nSPS) is 15.5. The lowest BCUT2D eigenvalue weighted by molar-refractivity contribution is 0.0944. The van der Waals surface area contributed by atoms with Crippen molar-refractivity contribution in [3.63, 3.8) is 0 Å². The molecule has 2 aromatic rings. The van der Waals surface area contributed by atoms with Crippen molar-refractivity contribution >= 4 is 16.9 Å². The molecule has 3 rings (SSSR count). The van der Waals surface area contributed by atoms with E-state index in [4.69, 9.17) is 4.98 Å². The SMILES string of the molecule is CCCC(CCO)CNC(=O)c1cc(C2CC2)nc2c1c(C)nn2C. The van der Waals surface area contributed by atoms with Gasteiger partial charge in [-0.1, -0.05) is 13.3 Å². The zero-order valence-corrected chi connectivity index (χ0v) is 15.4. The van der Waals surface area contributed by atoms with E-state index in [2.05, 4.69) is 17.3 Å². The molecule has 6 nitrogen and oxygen atoms in total. The maximum atomic E-state index is 12.9. The van der Waals surface area contributed by atoms with Crippen LogP contribution in [0.4, 0.5) is 0 Å². The van der Waals surface area contributed by atoms with Crippen LogP contribution < -0.4 is 5.32 Å². The Bertz CT molecular complexity index is 758. The van der Waals surface area contributed by atoms with Gasteiger partial charge in [-0.15, -0.1) is 0 Å². The molecule has 1 aliphatic carbocycles.